The van der Waals surface area contributed by atoms with Crippen LogP contribution in [0.2, 0.25) is 0 Å². The molecule has 7 nitrogen and oxygen atoms in total. The number of benzene rings is 1. The van der Waals surface area contributed by atoms with Crippen LogP contribution in [0.3, 0.4) is 0 Å². The highest BCUT2D eigenvalue weighted by Gasteiger charge is 2.22. The fourth-order valence-corrected chi connectivity index (χ4v) is 2.96. The summed E-state index contributed by atoms with van der Waals surface area (Å²) in [7, 11) is 1.33. The van der Waals surface area contributed by atoms with Crippen molar-refractivity contribution >= 4 is 17.7 Å². The molecule has 7 heteroatoms. The van der Waals surface area contributed by atoms with Gasteiger partial charge in [0.15, 0.2) is 5.82 Å². The number of methoxy groups -OCH3 is 1. The maximum Gasteiger partial charge on any atom is 0.337 e. The van der Waals surface area contributed by atoms with Crippen molar-refractivity contribution in [3.05, 3.63) is 47.2 Å². The van der Waals surface area contributed by atoms with Gasteiger partial charge in [0.25, 0.3) is 5.91 Å². The molecule has 0 unspecified atom stereocenters. The second kappa shape index (κ2) is 7.38. The molecule has 0 spiro atoms. The molecular weight excluding hydrogens is 320 g/mol. The Morgan fingerprint density at radius 3 is 2.40 bits per heavy atom. The Morgan fingerprint density at radius 1 is 1.20 bits per heavy atom. The van der Waals surface area contributed by atoms with E-state index in [4.69, 9.17) is 0 Å². The highest BCUT2D eigenvalue weighted by atomic mass is 16.5. The monoisotopic (exact) mass is 342 g/mol. The molecule has 2 aromatic rings. The highest BCUT2D eigenvalue weighted by Crippen LogP contribution is 2.18. The number of piperidine rings is 1. The number of carbonyl (C=O) groups is 2. The van der Waals surface area contributed by atoms with Gasteiger partial charge in [-0.25, -0.2) is 4.79 Å². The zero-order valence-corrected chi connectivity index (χ0v) is 14.4. The van der Waals surface area contributed by atoms with Gasteiger partial charge in [0, 0.05) is 36.5 Å². The van der Waals surface area contributed by atoms with E-state index in [0.29, 0.717) is 11.1 Å². The van der Waals surface area contributed by atoms with Crippen molar-refractivity contribution in [3.63, 3.8) is 0 Å². The molecule has 0 saturated carbocycles. The molecule has 25 heavy (non-hydrogen) atoms. The van der Waals surface area contributed by atoms with E-state index in [0.717, 1.165) is 37.4 Å². The maximum absolute atomic E-state index is 12.4. The molecule has 0 atom stereocenters. The van der Waals surface area contributed by atoms with Crippen LogP contribution in [0.15, 0.2) is 30.3 Å². The molecule has 1 saturated heterocycles. The smallest absolute Gasteiger partial charge is 0.337 e. The summed E-state index contributed by atoms with van der Waals surface area (Å²) in [5.74, 6) is 0.430. The largest absolute Gasteiger partial charge is 0.465 e. The van der Waals surface area contributed by atoms with Gasteiger partial charge in [0.05, 0.1) is 12.7 Å². The molecule has 1 aromatic heterocycles. The van der Waals surface area contributed by atoms with Crippen molar-refractivity contribution in [1.82, 2.24) is 15.5 Å². The summed E-state index contributed by atoms with van der Waals surface area (Å²) in [5.41, 5.74) is 2.01. The lowest BCUT2D eigenvalue weighted by Crippen LogP contribution is -2.44. The predicted molar refractivity (Wildman–Crippen MR) is 93.8 cm³/mol. The van der Waals surface area contributed by atoms with Gasteiger partial charge in [0.2, 0.25) is 0 Å². The number of rotatable bonds is 4. The van der Waals surface area contributed by atoms with Crippen LogP contribution in [0.4, 0.5) is 5.82 Å². The lowest BCUT2D eigenvalue weighted by Gasteiger charge is -2.32. The molecule has 1 aromatic carbocycles. The predicted octanol–water partition coefficient (Wildman–Crippen LogP) is 1.90. The quantitative estimate of drug-likeness (QED) is 0.829. The van der Waals surface area contributed by atoms with E-state index < -0.39 is 5.97 Å². The summed E-state index contributed by atoms with van der Waals surface area (Å²) >= 11 is 0. The van der Waals surface area contributed by atoms with Crippen LogP contribution in [0, 0.1) is 6.92 Å². The number of anilines is 1. The molecule has 132 valence electrons. The van der Waals surface area contributed by atoms with E-state index in [1.165, 1.54) is 7.11 Å². The van der Waals surface area contributed by atoms with Crippen molar-refractivity contribution in [2.24, 2.45) is 0 Å². The lowest BCUT2D eigenvalue weighted by atomic mass is 10.0. The molecular formula is C18H22N4O3. The summed E-state index contributed by atoms with van der Waals surface area (Å²) in [6.45, 7) is 3.70. The highest BCUT2D eigenvalue weighted by molar-refractivity contribution is 5.96. The second-order valence-electron chi connectivity index (χ2n) is 6.21. The summed E-state index contributed by atoms with van der Waals surface area (Å²) in [6.07, 6.45) is 1.75. The summed E-state index contributed by atoms with van der Waals surface area (Å²) in [4.78, 5) is 26.0. The normalized spacial score (nSPS) is 15.0. The van der Waals surface area contributed by atoms with Gasteiger partial charge >= 0.3 is 5.97 Å². The standard InChI is InChI=1S/C18H22N4O3/c1-12-11-16(21-20-12)22-9-7-15(8-10-22)19-17(23)13-3-5-14(6-4-13)18(24)25-2/h3-6,11,15H,7-10H2,1-2H3,(H,19,23)(H,20,21). The minimum absolute atomic E-state index is 0.120. The number of ether oxygens (including phenoxy) is 1. The number of aromatic nitrogens is 2. The third-order valence-electron chi connectivity index (χ3n) is 4.41. The maximum atomic E-state index is 12.4. The minimum Gasteiger partial charge on any atom is -0.465 e. The van der Waals surface area contributed by atoms with E-state index in [-0.39, 0.29) is 11.9 Å². The molecule has 0 radical (unpaired) electrons. The number of nitrogens with one attached hydrogen (secondary N) is 2. The fourth-order valence-electron chi connectivity index (χ4n) is 2.96. The Labute approximate surface area is 146 Å². The molecule has 1 aliphatic heterocycles. The van der Waals surface area contributed by atoms with Gasteiger partial charge in [0.1, 0.15) is 0 Å². The third kappa shape index (κ3) is 3.99. The number of H-pyrrole nitrogens is 1. The molecule has 0 aliphatic carbocycles. The number of amides is 1. The van der Waals surface area contributed by atoms with Gasteiger partial charge in [-0.3, -0.25) is 9.89 Å². The first kappa shape index (κ1) is 17.0. The Balaban J connectivity index is 1.53. The third-order valence-corrected chi connectivity index (χ3v) is 4.41. The van der Waals surface area contributed by atoms with Crippen molar-refractivity contribution in [1.29, 1.82) is 0 Å². The van der Waals surface area contributed by atoms with Gasteiger partial charge < -0.3 is 15.0 Å². The van der Waals surface area contributed by atoms with E-state index >= 15 is 0 Å². The number of aryl methyl sites for hydroxylation is 1. The topological polar surface area (TPSA) is 87.3 Å². The molecule has 1 amide bonds. The zero-order chi connectivity index (χ0) is 17.8. The average Bonchev–Trinajstić information content (AvgIpc) is 3.08. The number of esters is 1. The van der Waals surface area contributed by atoms with E-state index in [9.17, 15) is 9.59 Å². The lowest BCUT2D eigenvalue weighted by molar-refractivity contribution is 0.0600. The number of nitrogens with zero attached hydrogens (tertiary/aromatic N) is 2. The first-order valence-electron chi connectivity index (χ1n) is 8.33. The van der Waals surface area contributed by atoms with Crippen LogP contribution in [0.25, 0.3) is 0 Å². The second-order valence-corrected chi connectivity index (χ2v) is 6.21. The van der Waals surface area contributed by atoms with Gasteiger partial charge in [-0.1, -0.05) is 0 Å². The van der Waals surface area contributed by atoms with Gasteiger partial charge in [-0.15, -0.1) is 0 Å². The SMILES string of the molecule is COC(=O)c1ccc(C(=O)NC2CCN(c3cc(C)[nH]n3)CC2)cc1. The Kier molecular flexibility index (Phi) is 5.02. The number of hydrogen-bond acceptors (Lipinski definition) is 5. The average molecular weight is 342 g/mol. The van der Waals surface area contributed by atoms with Crippen molar-refractivity contribution < 1.29 is 14.3 Å². The van der Waals surface area contributed by atoms with Crippen LogP contribution < -0.4 is 10.2 Å². The van der Waals surface area contributed by atoms with E-state index in [1.54, 1.807) is 24.3 Å². The number of carbonyl (C=O) groups excluding carboxylic acids is 2. The Hall–Kier alpha value is -2.83. The first-order chi connectivity index (χ1) is 12.1. The van der Waals surface area contributed by atoms with Crippen LogP contribution in [0.1, 0.15) is 39.3 Å². The molecule has 3 rings (SSSR count). The van der Waals surface area contributed by atoms with Crippen LogP contribution in [-0.4, -0.2) is 48.3 Å². The van der Waals surface area contributed by atoms with E-state index in [1.807, 2.05) is 13.0 Å². The zero-order valence-electron chi connectivity index (χ0n) is 14.4. The molecule has 0 bridgehead atoms. The van der Waals surface area contributed by atoms with Crippen molar-refractivity contribution in [2.45, 2.75) is 25.8 Å². The molecule has 1 aliphatic rings. The van der Waals surface area contributed by atoms with Gasteiger partial charge in [-0.2, -0.15) is 5.10 Å². The molecule has 2 heterocycles. The minimum atomic E-state index is -0.409. The number of hydrogen-bond donors (Lipinski definition) is 2. The van der Waals surface area contributed by atoms with Crippen LogP contribution >= 0.6 is 0 Å². The van der Waals surface area contributed by atoms with Crippen LogP contribution in [-0.2, 0) is 4.74 Å². The first-order valence-corrected chi connectivity index (χ1v) is 8.33. The molecule has 2 N–H and O–H groups in total. The van der Waals surface area contributed by atoms with Crippen molar-refractivity contribution in [3.8, 4) is 0 Å². The fraction of sp³-hybridized carbons (Fsp3) is 0.389. The van der Waals surface area contributed by atoms with Crippen LogP contribution in [0.5, 0.6) is 0 Å². The summed E-state index contributed by atoms with van der Waals surface area (Å²) in [5, 5.41) is 10.3. The molecule has 1 fully saturated rings. The number of aromatic amines is 1. The van der Waals surface area contributed by atoms with E-state index in [2.05, 4.69) is 25.2 Å². The summed E-state index contributed by atoms with van der Waals surface area (Å²) in [6, 6.07) is 8.66. The summed E-state index contributed by atoms with van der Waals surface area (Å²) < 4.78 is 4.65. The Bertz CT molecular complexity index is 746. The van der Waals surface area contributed by atoms with Gasteiger partial charge in [-0.05, 0) is 44.0 Å². The van der Waals surface area contributed by atoms with Crippen molar-refractivity contribution in [2.75, 3.05) is 25.1 Å². The Morgan fingerprint density at radius 2 is 1.84 bits per heavy atom.